The molecule has 0 aliphatic carbocycles. The number of hydrogen-bond donors (Lipinski definition) is 1. The lowest BCUT2D eigenvalue weighted by Crippen LogP contribution is -2.04. The van der Waals surface area contributed by atoms with E-state index in [1.165, 1.54) is 0 Å². The van der Waals surface area contributed by atoms with Gasteiger partial charge in [-0.15, -0.1) is 0 Å². The monoisotopic (exact) mass is 435 g/mol. The zero-order valence-corrected chi connectivity index (χ0v) is 17.6. The Balaban J connectivity index is 1.78. The van der Waals surface area contributed by atoms with E-state index in [9.17, 15) is 0 Å². The molecule has 0 aromatic heterocycles. The van der Waals surface area contributed by atoms with Crippen molar-refractivity contribution in [2.75, 3.05) is 11.9 Å². The van der Waals surface area contributed by atoms with Crippen molar-refractivity contribution in [1.82, 2.24) is 0 Å². The predicted octanol–water partition coefficient (Wildman–Crippen LogP) is 7.24. The van der Waals surface area contributed by atoms with Crippen LogP contribution in [0.5, 0.6) is 11.5 Å². The first-order valence-electron chi connectivity index (χ1n) is 8.88. The Labute approximate surface area is 180 Å². The smallest absolute Gasteiger partial charge is 0.180 e. The first kappa shape index (κ1) is 20.7. The third-order valence-electron chi connectivity index (χ3n) is 4.06. The van der Waals surface area contributed by atoms with E-state index in [0.717, 1.165) is 11.3 Å². The molecule has 0 unspecified atom stereocenters. The van der Waals surface area contributed by atoms with E-state index >= 15 is 0 Å². The molecule has 0 saturated heterocycles. The van der Waals surface area contributed by atoms with Crippen LogP contribution >= 0.6 is 34.8 Å². The van der Waals surface area contributed by atoms with Crippen LogP contribution in [0, 0.1) is 0 Å². The van der Waals surface area contributed by atoms with Crippen LogP contribution in [-0.2, 0) is 13.2 Å². The first-order valence-corrected chi connectivity index (χ1v) is 10.0. The molecule has 0 amide bonds. The van der Waals surface area contributed by atoms with Gasteiger partial charge in [-0.25, -0.2) is 0 Å². The minimum Gasteiger partial charge on any atom is -0.490 e. The lowest BCUT2D eigenvalue weighted by atomic mass is 10.2. The first-order chi connectivity index (χ1) is 13.6. The van der Waals surface area contributed by atoms with Gasteiger partial charge in [0.2, 0.25) is 0 Å². The number of hydrogen-bond acceptors (Lipinski definition) is 3. The highest BCUT2D eigenvalue weighted by Crippen LogP contribution is 2.38. The molecule has 3 aromatic rings. The van der Waals surface area contributed by atoms with Crippen LogP contribution in [-0.4, -0.2) is 6.61 Å². The summed E-state index contributed by atoms with van der Waals surface area (Å²) in [4.78, 5) is 0. The van der Waals surface area contributed by atoms with Crippen molar-refractivity contribution in [3.8, 4) is 11.5 Å². The second-order valence-electron chi connectivity index (χ2n) is 6.05. The second kappa shape index (κ2) is 9.92. The SMILES string of the molecule is CCOc1cc(CNc2ccccc2)cc(Cl)c1OCc1c(Cl)cccc1Cl. The van der Waals surface area contributed by atoms with Crippen molar-refractivity contribution in [2.45, 2.75) is 20.1 Å². The third-order valence-corrected chi connectivity index (χ3v) is 5.05. The normalized spacial score (nSPS) is 10.6. The maximum atomic E-state index is 6.50. The molecule has 0 fully saturated rings. The van der Waals surface area contributed by atoms with Gasteiger partial charge >= 0.3 is 0 Å². The Morgan fingerprint density at radius 3 is 2.21 bits per heavy atom. The third kappa shape index (κ3) is 5.26. The van der Waals surface area contributed by atoms with Crippen LogP contribution in [0.1, 0.15) is 18.1 Å². The number of rotatable bonds is 8. The van der Waals surface area contributed by atoms with Gasteiger partial charge in [-0.1, -0.05) is 59.1 Å². The lowest BCUT2D eigenvalue weighted by Gasteiger charge is -2.16. The number of para-hydroxylation sites is 1. The van der Waals surface area contributed by atoms with Gasteiger partial charge in [0.05, 0.1) is 11.6 Å². The summed E-state index contributed by atoms with van der Waals surface area (Å²) in [6, 6.07) is 19.1. The van der Waals surface area contributed by atoms with Gasteiger partial charge in [-0.05, 0) is 48.9 Å². The molecule has 0 bridgehead atoms. The Kier molecular flexibility index (Phi) is 7.32. The fraction of sp³-hybridized carbons (Fsp3) is 0.182. The highest BCUT2D eigenvalue weighted by molar-refractivity contribution is 6.36. The molecule has 0 atom stereocenters. The molecule has 146 valence electrons. The van der Waals surface area contributed by atoms with Gasteiger partial charge in [-0.2, -0.15) is 0 Å². The van der Waals surface area contributed by atoms with Gasteiger partial charge in [0.25, 0.3) is 0 Å². The molecule has 3 nitrogen and oxygen atoms in total. The summed E-state index contributed by atoms with van der Waals surface area (Å²) in [6.07, 6.45) is 0. The summed E-state index contributed by atoms with van der Waals surface area (Å²) in [5.74, 6) is 1.06. The highest BCUT2D eigenvalue weighted by Gasteiger charge is 2.15. The summed E-state index contributed by atoms with van der Waals surface area (Å²) in [7, 11) is 0. The van der Waals surface area contributed by atoms with Crippen molar-refractivity contribution in [3.05, 3.63) is 86.9 Å². The topological polar surface area (TPSA) is 30.5 Å². The molecule has 0 radical (unpaired) electrons. The zero-order valence-electron chi connectivity index (χ0n) is 15.3. The largest absolute Gasteiger partial charge is 0.490 e. The summed E-state index contributed by atoms with van der Waals surface area (Å²) in [6.45, 7) is 3.22. The Morgan fingerprint density at radius 2 is 1.54 bits per heavy atom. The van der Waals surface area contributed by atoms with E-state index in [4.69, 9.17) is 44.3 Å². The molecular formula is C22H20Cl3NO2. The number of ether oxygens (including phenoxy) is 2. The number of anilines is 1. The van der Waals surface area contributed by atoms with Gasteiger partial charge in [0.15, 0.2) is 11.5 Å². The van der Waals surface area contributed by atoms with Crippen LogP contribution < -0.4 is 14.8 Å². The molecule has 0 aliphatic heterocycles. The van der Waals surface area contributed by atoms with Crippen LogP contribution in [0.25, 0.3) is 0 Å². The maximum absolute atomic E-state index is 6.50. The standard InChI is InChI=1S/C22H20Cl3NO2/c1-2-27-21-12-15(13-26-16-7-4-3-5-8-16)11-20(25)22(21)28-14-17-18(23)9-6-10-19(17)24/h3-12,26H,2,13-14H2,1H3. The fourth-order valence-electron chi connectivity index (χ4n) is 2.70. The average Bonchev–Trinajstić information content (AvgIpc) is 2.68. The van der Waals surface area contributed by atoms with Gasteiger partial charge in [0, 0.05) is 27.8 Å². The molecule has 0 spiro atoms. The zero-order chi connectivity index (χ0) is 19.9. The van der Waals surface area contributed by atoms with E-state index in [1.807, 2.05) is 49.4 Å². The molecule has 0 heterocycles. The molecular weight excluding hydrogens is 417 g/mol. The minimum atomic E-state index is 0.194. The molecule has 3 rings (SSSR count). The van der Waals surface area contributed by atoms with Crippen molar-refractivity contribution in [2.24, 2.45) is 0 Å². The van der Waals surface area contributed by atoms with E-state index in [0.29, 0.717) is 45.3 Å². The molecule has 0 aliphatic rings. The van der Waals surface area contributed by atoms with Crippen LogP contribution in [0.4, 0.5) is 5.69 Å². The van der Waals surface area contributed by atoms with Crippen molar-refractivity contribution >= 4 is 40.5 Å². The van der Waals surface area contributed by atoms with Crippen LogP contribution in [0.3, 0.4) is 0 Å². The van der Waals surface area contributed by atoms with Crippen LogP contribution in [0.15, 0.2) is 60.7 Å². The lowest BCUT2D eigenvalue weighted by molar-refractivity contribution is 0.269. The van der Waals surface area contributed by atoms with Crippen molar-refractivity contribution in [1.29, 1.82) is 0 Å². The molecule has 1 N–H and O–H groups in total. The average molecular weight is 437 g/mol. The molecule has 0 saturated carbocycles. The summed E-state index contributed by atoms with van der Waals surface area (Å²) in [5, 5.41) is 4.92. The summed E-state index contributed by atoms with van der Waals surface area (Å²) >= 11 is 18.9. The molecule has 3 aromatic carbocycles. The van der Waals surface area contributed by atoms with Crippen molar-refractivity contribution in [3.63, 3.8) is 0 Å². The Hall–Kier alpha value is -2.07. The van der Waals surface area contributed by atoms with Crippen molar-refractivity contribution < 1.29 is 9.47 Å². The van der Waals surface area contributed by atoms with Gasteiger partial charge < -0.3 is 14.8 Å². The second-order valence-corrected chi connectivity index (χ2v) is 7.27. The fourth-order valence-corrected chi connectivity index (χ4v) is 3.50. The minimum absolute atomic E-state index is 0.194. The maximum Gasteiger partial charge on any atom is 0.180 e. The van der Waals surface area contributed by atoms with Gasteiger partial charge in [0.1, 0.15) is 6.61 Å². The predicted molar refractivity (Wildman–Crippen MR) is 117 cm³/mol. The number of benzene rings is 3. The van der Waals surface area contributed by atoms with E-state index in [2.05, 4.69) is 5.32 Å². The van der Waals surface area contributed by atoms with Gasteiger partial charge in [-0.3, -0.25) is 0 Å². The Morgan fingerprint density at radius 1 is 0.821 bits per heavy atom. The molecule has 28 heavy (non-hydrogen) atoms. The highest BCUT2D eigenvalue weighted by atomic mass is 35.5. The van der Waals surface area contributed by atoms with E-state index in [-0.39, 0.29) is 6.61 Å². The Bertz CT molecular complexity index is 912. The number of nitrogens with one attached hydrogen (secondary N) is 1. The quantitative estimate of drug-likeness (QED) is 0.404. The summed E-state index contributed by atoms with van der Waals surface area (Å²) < 4.78 is 11.7. The number of halogens is 3. The van der Waals surface area contributed by atoms with Crippen LogP contribution in [0.2, 0.25) is 15.1 Å². The molecule has 6 heteroatoms. The van der Waals surface area contributed by atoms with E-state index in [1.54, 1.807) is 18.2 Å². The van der Waals surface area contributed by atoms with E-state index < -0.39 is 0 Å². The summed E-state index contributed by atoms with van der Waals surface area (Å²) in [5.41, 5.74) is 2.73.